The molecule has 1 fully saturated rings. The Bertz CT molecular complexity index is 514. The van der Waals surface area contributed by atoms with Gasteiger partial charge >= 0.3 is 5.92 Å². The molecule has 0 aromatic heterocycles. The highest BCUT2D eigenvalue weighted by atomic mass is 19.3. The van der Waals surface area contributed by atoms with Gasteiger partial charge in [0.05, 0.1) is 12.1 Å². The third-order valence-corrected chi connectivity index (χ3v) is 3.44. The van der Waals surface area contributed by atoms with Crippen molar-refractivity contribution in [3.8, 4) is 0 Å². The fraction of sp³-hybridized carbons (Fsp3) is 0.429. The van der Waals surface area contributed by atoms with Crippen LogP contribution in [0.15, 0.2) is 30.3 Å². The van der Waals surface area contributed by atoms with Crippen LogP contribution in [0.4, 0.5) is 8.78 Å². The Kier molecular flexibility index (Phi) is 3.74. The van der Waals surface area contributed by atoms with E-state index in [2.05, 4.69) is 5.32 Å². The van der Waals surface area contributed by atoms with Crippen LogP contribution in [0, 0.1) is 0 Å². The smallest absolute Gasteiger partial charge is 0.321 e. The van der Waals surface area contributed by atoms with Crippen molar-refractivity contribution in [2.24, 2.45) is 0 Å². The molecular formula is C14H16F2N2O2. The van der Waals surface area contributed by atoms with Crippen LogP contribution in [0.25, 0.3) is 0 Å². The molecule has 2 atom stereocenters. The summed E-state index contributed by atoms with van der Waals surface area (Å²) < 4.78 is 26.0. The van der Waals surface area contributed by atoms with Crippen molar-refractivity contribution in [1.82, 2.24) is 10.2 Å². The number of hydrogen-bond acceptors (Lipinski definition) is 2. The van der Waals surface area contributed by atoms with E-state index in [0.29, 0.717) is 6.92 Å². The second-order valence-corrected chi connectivity index (χ2v) is 5.03. The molecule has 2 rings (SSSR count). The SMILES string of the molecule is CN1C(=O)CC(NC(=O)C(C)(F)F)[C@H]1c1ccccc1. The minimum absolute atomic E-state index is 0.0257. The monoisotopic (exact) mass is 282 g/mol. The fourth-order valence-corrected chi connectivity index (χ4v) is 2.40. The molecule has 1 aliphatic heterocycles. The molecule has 2 amide bonds. The summed E-state index contributed by atoms with van der Waals surface area (Å²) in [6.45, 7) is 0.542. The number of halogens is 2. The molecule has 0 radical (unpaired) electrons. The third kappa shape index (κ3) is 2.79. The molecule has 0 aliphatic carbocycles. The molecule has 1 aliphatic rings. The van der Waals surface area contributed by atoms with E-state index < -0.39 is 23.9 Å². The highest BCUT2D eigenvalue weighted by molar-refractivity contribution is 5.86. The van der Waals surface area contributed by atoms with Crippen molar-refractivity contribution in [3.05, 3.63) is 35.9 Å². The number of nitrogens with one attached hydrogen (secondary N) is 1. The maximum atomic E-state index is 13.0. The molecule has 4 nitrogen and oxygen atoms in total. The molecular weight excluding hydrogens is 266 g/mol. The van der Waals surface area contributed by atoms with Gasteiger partial charge in [-0.2, -0.15) is 8.78 Å². The van der Waals surface area contributed by atoms with Gasteiger partial charge in [0.2, 0.25) is 5.91 Å². The molecule has 1 aromatic rings. The number of benzene rings is 1. The first kappa shape index (κ1) is 14.4. The summed E-state index contributed by atoms with van der Waals surface area (Å²) in [6.07, 6.45) is 0.0257. The molecule has 1 heterocycles. The highest BCUT2D eigenvalue weighted by Crippen LogP contribution is 2.32. The standard InChI is InChI=1S/C14H16F2N2O2/c1-14(15,16)13(20)17-10-8-11(19)18(2)12(10)9-6-4-3-5-7-9/h3-7,10,12H,8H2,1-2H3,(H,17,20)/t10?,12-/m1/s1. The Balaban J connectivity index is 2.23. The Hall–Kier alpha value is -1.98. The molecule has 6 heteroatoms. The Morgan fingerprint density at radius 3 is 2.50 bits per heavy atom. The molecule has 108 valence electrons. The van der Waals surface area contributed by atoms with E-state index in [0.717, 1.165) is 5.56 Å². The van der Waals surface area contributed by atoms with E-state index in [1.165, 1.54) is 4.90 Å². The number of amides is 2. The predicted molar refractivity (Wildman–Crippen MR) is 69.1 cm³/mol. The molecule has 0 spiro atoms. The number of hydrogen-bond donors (Lipinski definition) is 1. The van der Waals surface area contributed by atoms with Gasteiger partial charge in [-0.15, -0.1) is 0 Å². The van der Waals surface area contributed by atoms with Crippen LogP contribution in [0.5, 0.6) is 0 Å². The van der Waals surface area contributed by atoms with Gasteiger partial charge in [-0.1, -0.05) is 30.3 Å². The second kappa shape index (κ2) is 5.19. The lowest BCUT2D eigenvalue weighted by Crippen LogP contribution is -2.45. The summed E-state index contributed by atoms with van der Waals surface area (Å²) in [4.78, 5) is 24.7. The largest absolute Gasteiger partial charge is 0.345 e. The van der Waals surface area contributed by atoms with E-state index in [1.807, 2.05) is 18.2 Å². The van der Waals surface area contributed by atoms with E-state index in [-0.39, 0.29) is 12.3 Å². The summed E-state index contributed by atoms with van der Waals surface area (Å²) in [5.41, 5.74) is 0.811. The maximum Gasteiger partial charge on any atom is 0.321 e. The first-order valence-electron chi connectivity index (χ1n) is 6.30. The van der Waals surface area contributed by atoms with Gasteiger partial charge in [-0.3, -0.25) is 9.59 Å². The quantitative estimate of drug-likeness (QED) is 0.918. The minimum Gasteiger partial charge on any atom is -0.345 e. The molecule has 0 saturated carbocycles. The molecule has 0 bridgehead atoms. The van der Waals surface area contributed by atoms with Crippen LogP contribution in [-0.4, -0.2) is 35.7 Å². The first-order chi connectivity index (χ1) is 9.30. The van der Waals surface area contributed by atoms with Crippen molar-refractivity contribution < 1.29 is 18.4 Å². The van der Waals surface area contributed by atoms with Gasteiger partial charge in [0.25, 0.3) is 5.91 Å². The Morgan fingerprint density at radius 2 is 1.95 bits per heavy atom. The number of rotatable bonds is 3. The lowest BCUT2D eigenvalue weighted by atomic mass is 10.00. The van der Waals surface area contributed by atoms with Crippen molar-refractivity contribution in [3.63, 3.8) is 0 Å². The van der Waals surface area contributed by atoms with Crippen molar-refractivity contribution in [2.75, 3.05) is 7.05 Å². The van der Waals surface area contributed by atoms with Gasteiger partial charge in [-0.05, 0) is 5.56 Å². The Labute approximate surface area is 115 Å². The lowest BCUT2D eigenvalue weighted by Gasteiger charge is -2.26. The van der Waals surface area contributed by atoms with Gasteiger partial charge in [0.15, 0.2) is 0 Å². The zero-order chi connectivity index (χ0) is 14.9. The summed E-state index contributed by atoms with van der Waals surface area (Å²) in [5.74, 6) is -4.99. The topological polar surface area (TPSA) is 49.4 Å². The number of carbonyl (C=O) groups excluding carboxylic acids is 2. The molecule has 1 saturated heterocycles. The lowest BCUT2D eigenvalue weighted by molar-refractivity contribution is -0.144. The van der Waals surface area contributed by atoms with Crippen LogP contribution >= 0.6 is 0 Å². The fourth-order valence-electron chi connectivity index (χ4n) is 2.40. The molecule has 20 heavy (non-hydrogen) atoms. The van der Waals surface area contributed by atoms with Crippen molar-refractivity contribution in [2.45, 2.75) is 31.4 Å². The van der Waals surface area contributed by atoms with Crippen molar-refractivity contribution >= 4 is 11.8 Å². The zero-order valence-corrected chi connectivity index (χ0v) is 11.3. The summed E-state index contributed by atoms with van der Waals surface area (Å²) in [6, 6.07) is 7.99. The summed E-state index contributed by atoms with van der Waals surface area (Å²) in [5, 5.41) is 2.28. The number of likely N-dealkylation sites (N-methyl/N-ethyl adjacent to an activating group) is 1. The van der Waals surface area contributed by atoms with Gasteiger partial charge in [0, 0.05) is 20.4 Å². The van der Waals surface area contributed by atoms with Gasteiger partial charge < -0.3 is 10.2 Å². The molecule has 1 N–H and O–H groups in total. The number of alkyl halides is 2. The van der Waals surface area contributed by atoms with Gasteiger partial charge in [-0.25, -0.2) is 0 Å². The van der Waals surface area contributed by atoms with Gasteiger partial charge in [0.1, 0.15) is 0 Å². The first-order valence-corrected chi connectivity index (χ1v) is 6.30. The van der Waals surface area contributed by atoms with Crippen LogP contribution in [0.1, 0.15) is 24.9 Å². The second-order valence-electron chi connectivity index (χ2n) is 5.03. The number of carbonyl (C=O) groups is 2. The summed E-state index contributed by atoms with van der Waals surface area (Å²) in [7, 11) is 1.61. The average Bonchev–Trinajstić information content (AvgIpc) is 2.65. The highest BCUT2D eigenvalue weighted by Gasteiger charge is 2.42. The maximum absolute atomic E-state index is 13.0. The van der Waals surface area contributed by atoms with E-state index in [9.17, 15) is 18.4 Å². The number of likely N-dealkylation sites (tertiary alicyclic amines) is 1. The predicted octanol–water partition coefficient (Wildman–Crippen LogP) is 1.73. The Morgan fingerprint density at radius 1 is 1.35 bits per heavy atom. The van der Waals surface area contributed by atoms with E-state index in [1.54, 1.807) is 19.2 Å². The summed E-state index contributed by atoms with van der Waals surface area (Å²) >= 11 is 0. The normalized spacial score (nSPS) is 23.0. The molecule has 1 unspecified atom stereocenters. The minimum atomic E-state index is -3.45. The third-order valence-electron chi connectivity index (χ3n) is 3.44. The molecule has 1 aromatic carbocycles. The van der Waals surface area contributed by atoms with Crippen LogP contribution < -0.4 is 5.32 Å². The van der Waals surface area contributed by atoms with E-state index in [4.69, 9.17) is 0 Å². The van der Waals surface area contributed by atoms with Crippen molar-refractivity contribution in [1.29, 1.82) is 0 Å². The number of nitrogens with zero attached hydrogens (tertiary/aromatic N) is 1. The zero-order valence-electron chi connectivity index (χ0n) is 11.3. The average molecular weight is 282 g/mol. The van der Waals surface area contributed by atoms with Crippen LogP contribution in [0.3, 0.4) is 0 Å². The van der Waals surface area contributed by atoms with Crippen LogP contribution in [0.2, 0.25) is 0 Å². The van der Waals surface area contributed by atoms with Crippen LogP contribution in [-0.2, 0) is 9.59 Å². The van der Waals surface area contributed by atoms with E-state index >= 15 is 0 Å².